The molecule has 1 N–H and O–H groups in total. The Morgan fingerprint density at radius 1 is 1.27 bits per heavy atom. The van der Waals surface area contributed by atoms with Gasteiger partial charge in [-0.15, -0.1) is 0 Å². The number of rotatable bonds is 5. The van der Waals surface area contributed by atoms with Crippen molar-refractivity contribution in [2.75, 3.05) is 18.4 Å². The number of furan rings is 1. The zero-order valence-corrected chi connectivity index (χ0v) is 15.4. The van der Waals surface area contributed by atoms with Gasteiger partial charge in [0.05, 0.1) is 17.7 Å². The molecule has 0 unspecified atom stereocenters. The number of likely N-dealkylation sites (tertiary alicyclic amines) is 1. The number of piperidine rings is 1. The molecule has 0 bridgehead atoms. The molecule has 1 aliphatic heterocycles. The molecule has 2 aromatic rings. The van der Waals surface area contributed by atoms with E-state index in [0.717, 1.165) is 24.9 Å². The van der Waals surface area contributed by atoms with Crippen LogP contribution in [0.3, 0.4) is 0 Å². The number of nitrogens with zero attached hydrogens (tertiary/aromatic N) is 1. The molecule has 0 saturated carbocycles. The number of carbonyl (C=O) groups is 2. The van der Waals surface area contributed by atoms with Gasteiger partial charge in [0.25, 0.3) is 5.91 Å². The molecule has 1 saturated heterocycles. The predicted molar refractivity (Wildman–Crippen MR) is 101 cm³/mol. The van der Waals surface area contributed by atoms with Crippen molar-refractivity contribution in [2.24, 2.45) is 5.92 Å². The number of anilines is 1. The van der Waals surface area contributed by atoms with Gasteiger partial charge in [-0.25, -0.2) is 0 Å². The lowest BCUT2D eigenvalue weighted by Crippen LogP contribution is -2.43. The number of carbonyl (C=O) groups excluding carboxylic acids is 2. The fourth-order valence-electron chi connectivity index (χ4n) is 3.32. The van der Waals surface area contributed by atoms with Crippen LogP contribution in [-0.2, 0) is 4.79 Å². The van der Waals surface area contributed by atoms with Gasteiger partial charge in [-0.3, -0.25) is 9.59 Å². The third kappa shape index (κ3) is 4.15. The highest BCUT2D eigenvalue weighted by Crippen LogP contribution is 2.23. The third-order valence-corrected chi connectivity index (χ3v) is 5.21. The van der Waals surface area contributed by atoms with Crippen LogP contribution in [0, 0.1) is 5.92 Å². The van der Waals surface area contributed by atoms with Gasteiger partial charge in [-0.05, 0) is 48.9 Å². The Labute approximate surface area is 154 Å². The van der Waals surface area contributed by atoms with Crippen molar-refractivity contribution in [2.45, 2.75) is 39.0 Å². The van der Waals surface area contributed by atoms with Crippen LogP contribution in [0.1, 0.15) is 54.9 Å². The van der Waals surface area contributed by atoms with Crippen LogP contribution in [0.4, 0.5) is 5.69 Å². The van der Waals surface area contributed by atoms with Crippen molar-refractivity contribution < 1.29 is 14.0 Å². The second kappa shape index (κ2) is 8.21. The molecule has 2 amide bonds. The highest BCUT2D eigenvalue weighted by Gasteiger charge is 2.29. The summed E-state index contributed by atoms with van der Waals surface area (Å²) in [6.07, 6.45) is 5.66. The summed E-state index contributed by atoms with van der Waals surface area (Å²) in [6.45, 7) is 5.49. The van der Waals surface area contributed by atoms with Crippen molar-refractivity contribution in [3.8, 4) is 0 Å². The van der Waals surface area contributed by atoms with Gasteiger partial charge in [0, 0.05) is 18.8 Å². The number of nitrogens with one attached hydrogen (secondary N) is 1. The average molecular weight is 354 g/mol. The molecule has 0 aliphatic carbocycles. The maximum atomic E-state index is 12.6. The molecule has 2 atom stereocenters. The summed E-state index contributed by atoms with van der Waals surface area (Å²) in [4.78, 5) is 26.8. The molecule has 1 aromatic heterocycles. The first-order chi connectivity index (χ1) is 12.6. The van der Waals surface area contributed by atoms with E-state index in [9.17, 15) is 9.59 Å². The molecule has 0 radical (unpaired) electrons. The molecule has 2 heterocycles. The molecule has 26 heavy (non-hydrogen) atoms. The molecule has 1 fully saturated rings. The van der Waals surface area contributed by atoms with E-state index < -0.39 is 0 Å². The normalized spacial score (nSPS) is 18.4. The lowest BCUT2D eigenvalue weighted by Gasteiger charge is -2.31. The van der Waals surface area contributed by atoms with E-state index in [-0.39, 0.29) is 17.7 Å². The SMILES string of the molecule is CC[C@@H](C)c1ccc(NC(=O)[C@@H]2CCCN(C(=O)c3ccoc3)C2)cc1. The summed E-state index contributed by atoms with van der Waals surface area (Å²) in [5.41, 5.74) is 2.62. The van der Waals surface area contributed by atoms with Crippen LogP contribution in [0.15, 0.2) is 47.3 Å². The smallest absolute Gasteiger partial charge is 0.257 e. The fourth-order valence-corrected chi connectivity index (χ4v) is 3.32. The lowest BCUT2D eigenvalue weighted by molar-refractivity contribution is -0.121. The van der Waals surface area contributed by atoms with E-state index >= 15 is 0 Å². The van der Waals surface area contributed by atoms with E-state index in [4.69, 9.17) is 4.42 Å². The van der Waals surface area contributed by atoms with Crippen molar-refractivity contribution in [1.29, 1.82) is 0 Å². The first kappa shape index (κ1) is 18.2. The second-order valence-corrected chi connectivity index (χ2v) is 7.02. The monoisotopic (exact) mass is 354 g/mol. The minimum absolute atomic E-state index is 0.0222. The van der Waals surface area contributed by atoms with Crippen LogP contribution < -0.4 is 5.32 Å². The Morgan fingerprint density at radius 2 is 2.04 bits per heavy atom. The Kier molecular flexibility index (Phi) is 5.76. The first-order valence-corrected chi connectivity index (χ1v) is 9.30. The summed E-state index contributed by atoms with van der Waals surface area (Å²) in [6, 6.07) is 9.71. The van der Waals surface area contributed by atoms with Crippen molar-refractivity contribution in [1.82, 2.24) is 4.90 Å². The standard InChI is InChI=1S/C21H26N2O3/c1-3-15(2)16-6-8-19(9-7-16)22-20(24)17-5-4-11-23(13-17)21(25)18-10-12-26-14-18/h6-10,12,14-15,17H,3-5,11,13H2,1-2H3,(H,22,24)/t15-,17-/m1/s1. The predicted octanol–water partition coefficient (Wildman–Crippen LogP) is 4.28. The lowest BCUT2D eigenvalue weighted by atomic mass is 9.96. The largest absolute Gasteiger partial charge is 0.472 e. The minimum atomic E-state index is -0.186. The van der Waals surface area contributed by atoms with Crippen molar-refractivity contribution in [3.63, 3.8) is 0 Å². The Bertz CT molecular complexity index is 737. The van der Waals surface area contributed by atoms with E-state index in [0.29, 0.717) is 24.6 Å². The van der Waals surface area contributed by atoms with Crippen molar-refractivity contribution in [3.05, 3.63) is 54.0 Å². The van der Waals surface area contributed by atoms with Crippen LogP contribution in [0.5, 0.6) is 0 Å². The van der Waals surface area contributed by atoms with Gasteiger partial charge >= 0.3 is 0 Å². The summed E-state index contributed by atoms with van der Waals surface area (Å²) in [5.74, 6) is 0.231. The van der Waals surface area contributed by atoms with E-state index in [2.05, 4.69) is 31.3 Å². The highest BCUT2D eigenvalue weighted by molar-refractivity contribution is 5.96. The fraction of sp³-hybridized carbons (Fsp3) is 0.429. The Hall–Kier alpha value is -2.56. The quantitative estimate of drug-likeness (QED) is 0.871. The summed E-state index contributed by atoms with van der Waals surface area (Å²) in [7, 11) is 0. The van der Waals surface area contributed by atoms with Gasteiger partial charge in [0.15, 0.2) is 0 Å². The number of benzene rings is 1. The molecule has 0 spiro atoms. The van der Waals surface area contributed by atoms with Gasteiger partial charge < -0.3 is 14.6 Å². The van der Waals surface area contributed by atoms with E-state index in [1.165, 1.54) is 18.1 Å². The van der Waals surface area contributed by atoms with Crippen molar-refractivity contribution >= 4 is 17.5 Å². The molecular weight excluding hydrogens is 328 g/mol. The molecule has 5 nitrogen and oxygen atoms in total. The number of hydrogen-bond acceptors (Lipinski definition) is 3. The molecule has 5 heteroatoms. The average Bonchev–Trinajstić information content (AvgIpc) is 3.22. The topological polar surface area (TPSA) is 62.6 Å². The molecule has 1 aliphatic rings. The summed E-state index contributed by atoms with van der Waals surface area (Å²) in [5, 5.41) is 2.99. The van der Waals surface area contributed by atoms with Gasteiger partial charge in [0.1, 0.15) is 6.26 Å². The highest BCUT2D eigenvalue weighted by atomic mass is 16.3. The summed E-state index contributed by atoms with van der Waals surface area (Å²) < 4.78 is 4.99. The van der Waals surface area contributed by atoms with Crippen LogP contribution in [0.2, 0.25) is 0 Å². The zero-order valence-electron chi connectivity index (χ0n) is 15.4. The molecule has 138 valence electrons. The minimum Gasteiger partial charge on any atom is -0.472 e. The third-order valence-electron chi connectivity index (χ3n) is 5.21. The molecule has 1 aromatic carbocycles. The van der Waals surface area contributed by atoms with Crippen LogP contribution in [-0.4, -0.2) is 29.8 Å². The maximum absolute atomic E-state index is 12.6. The second-order valence-electron chi connectivity index (χ2n) is 7.02. The Morgan fingerprint density at radius 3 is 2.69 bits per heavy atom. The van der Waals surface area contributed by atoms with E-state index in [1.807, 2.05) is 12.1 Å². The summed E-state index contributed by atoms with van der Waals surface area (Å²) >= 11 is 0. The zero-order chi connectivity index (χ0) is 18.5. The first-order valence-electron chi connectivity index (χ1n) is 9.30. The van der Waals surface area contributed by atoms with Gasteiger partial charge in [-0.2, -0.15) is 0 Å². The van der Waals surface area contributed by atoms with Crippen LogP contribution in [0.25, 0.3) is 0 Å². The number of amides is 2. The van der Waals surface area contributed by atoms with E-state index in [1.54, 1.807) is 11.0 Å². The van der Waals surface area contributed by atoms with Gasteiger partial charge in [-0.1, -0.05) is 26.0 Å². The van der Waals surface area contributed by atoms with Gasteiger partial charge in [0.2, 0.25) is 5.91 Å². The van der Waals surface area contributed by atoms with Crippen LogP contribution >= 0.6 is 0 Å². The molecule has 3 rings (SSSR count). The maximum Gasteiger partial charge on any atom is 0.257 e. The Balaban J connectivity index is 1.60. The molecular formula is C21H26N2O3. The number of hydrogen-bond donors (Lipinski definition) is 1.